The molecule has 0 bridgehead atoms. The number of hydrogen-bond acceptors (Lipinski definition) is 5. The largest absolute Gasteiger partial charge is 0.497 e. The lowest BCUT2D eigenvalue weighted by molar-refractivity contribution is 0.179. The molecule has 1 N–H and O–H groups in total. The summed E-state index contributed by atoms with van der Waals surface area (Å²) in [5, 5.41) is 9.07. The van der Waals surface area contributed by atoms with Gasteiger partial charge in [-0.15, -0.1) is 0 Å². The molecule has 114 valence electrons. The van der Waals surface area contributed by atoms with Gasteiger partial charge in [-0.3, -0.25) is 4.90 Å². The molecule has 0 aliphatic heterocycles. The first-order valence-electron chi connectivity index (χ1n) is 7.19. The minimum Gasteiger partial charge on any atom is -0.497 e. The summed E-state index contributed by atoms with van der Waals surface area (Å²) in [5.74, 6) is 2.23. The summed E-state index contributed by atoms with van der Waals surface area (Å²) < 4.78 is 10.9. The van der Waals surface area contributed by atoms with Gasteiger partial charge in [0, 0.05) is 12.1 Å². The Hall–Kier alpha value is -1.85. The number of methoxy groups -OCH3 is 1. The monoisotopic (exact) mass is 290 g/mol. The van der Waals surface area contributed by atoms with Gasteiger partial charge in [-0.05, 0) is 37.2 Å². The van der Waals surface area contributed by atoms with Gasteiger partial charge in [0.1, 0.15) is 5.75 Å². The minimum absolute atomic E-state index is 0.145. The number of aromatic nitrogens is 1. The van der Waals surface area contributed by atoms with Crippen molar-refractivity contribution >= 4 is 0 Å². The minimum atomic E-state index is 0.145. The van der Waals surface area contributed by atoms with E-state index < -0.39 is 0 Å². The summed E-state index contributed by atoms with van der Waals surface area (Å²) >= 11 is 0. The van der Waals surface area contributed by atoms with E-state index in [1.807, 2.05) is 24.3 Å². The van der Waals surface area contributed by atoms with Crippen LogP contribution in [0.2, 0.25) is 0 Å². The lowest BCUT2D eigenvalue weighted by Gasteiger charge is -2.18. The predicted octanol–water partition coefficient (Wildman–Crippen LogP) is 2.55. The highest BCUT2D eigenvalue weighted by Crippen LogP contribution is 2.23. The fraction of sp³-hybridized carbons (Fsp3) is 0.438. The fourth-order valence-corrected chi connectivity index (χ4v) is 2.19. The molecule has 0 atom stereocenters. The molecule has 5 heteroatoms. The Morgan fingerprint density at radius 1 is 1.24 bits per heavy atom. The molecule has 0 saturated heterocycles. The zero-order valence-corrected chi connectivity index (χ0v) is 12.6. The first-order valence-corrected chi connectivity index (χ1v) is 7.19. The smallest absolute Gasteiger partial charge is 0.209 e. The Bertz CT molecular complexity index is 531. The highest BCUT2D eigenvalue weighted by Gasteiger charge is 2.11. The number of aliphatic hydroxyl groups is 1. The van der Waals surface area contributed by atoms with Gasteiger partial charge < -0.3 is 14.3 Å². The lowest BCUT2D eigenvalue weighted by atomic mass is 10.2. The summed E-state index contributed by atoms with van der Waals surface area (Å²) in [7, 11) is 1.64. The van der Waals surface area contributed by atoms with Gasteiger partial charge in [0.05, 0.1) is 26.5 Å². The molecule has 0 saturated carbocycles. The van der Waals surface area contributed by atoms with E-state index in [2.05, 4.69) is 16.8 Å². The third-order valence-electron chi connectivity index (χ3n) is 3.24. The average molecular weight is 290 g/mol. The zero-order chi connectivity index (χ0) is 15.1. The quantitative estimate of drug-likeness (QED) is 0.809. The summed E-state index contributed by atoms with van der Waals surface area (Å²) in [6.07, 6.45) is 2.77. The van der Waals surface area contributed by atoms with Crippen LogP contribution in [0.15, 0.2) is 34.9 Å². The van der Waals surface area contributed by atoms with Crippen LogP contribution >= 0.6 is 0 Å². The van der Waals surface area contributed by atoms with Gasteiger partial charge in [0.25, 0.3) is 0 Å². The molecule has 0 spiro atoms. The number of rotatable bonds is 8. The molecule has 0 amide bonds. The van der Waals surface area contributed by atoms with Gasteiger partial charge in [-0.25, -0.2) is 4.98 Å². The number of hydrogen-bond donors (Lipinski definition) is 1. The molecule has 1 heterocycles. The molecule has 0 aliphatic carbocycles. The lowest BCUT2D eigenvalue weighted by Crippen LogP contribution is -2.27. The van der Waals surface area contributed by atoms with E-state index in [-0.39, 0.29) is 6.61 Å². The first kappa shape index (κ1) is 15.5. The number of ether oxygens (including phenoxy) is 1. The molecule has 0 aliphatic rings. The van der Waals surface area contributed by atoms with Gasteiger partial charge in [-0.1, -0.05) is 6.92 Å². The number of benzene rings is 1. The van der Waals surface area contributed by atoms with Gasteiger partial charge in [0.2, 0.25) is 5.89 Å². The molecule has 2 rings (SSSR count). The average Bonchev–Trinajstić information content (AvgIpc) is 2.96. The third kappa shape index (κ3) is 4.31. The Morgan fingerprint density at radius 3 is 2.62 bits per heavy atom. The van der Waals surface area contributed by atoms with Crippen molar-refractivity contribution in [3.8, 4) is 17.1 Å². The summed E-state index contributed by atoms with van der Waals surface area (Å²) in [5.41, 5.74) is 0.971. The molecule has 5 nitrogen and oxygen atoms in total. The van der Waals surface area contributed by atoms with Crippen LogP contribution < -0.4 is 4.74 Å². The van der Waals surface area contributed by atoms with E-state index >= 15 is 0 Å². The maximum Gasteiger partial charge on any atom is 0.209 e. The van der Waals surface area contributed by atoms with Crippen LogP contribution in [0.5, 0.6) is 5.75 Å². The van der Waals surface area contributed by atoms with Crippen molar-refractivity contribution in [2.24, 2.45) is 0 Å². The highest BCUT2D eigenvalue weighted by atomic mass is 16.5. The summed E-state index contributed by atoms with van der Waals surface area (Å²) in [6, 6.07) is 7.68. The van der Waals surface area contributed by atoms with Crippen LogP contribution in [0.25, 0.3) is 11.3 Å². The zero-order valence-electron chi connectivity index (χ0n) is 12.6. The molecule has 21 heavy (non-hydrogen) atoms. The second-order valence-electron chi connectivity index (χ2n) is 4.85. The Balaban J connectivity index is 2.05. The highest BCUT2D eigenvalue weighted by molar-refractivity contribution is 5.57. The molecule has 0 unspecified atom stereocenters. The number of aliphatic hydroxyl groups excluding tert-OH is 1. The van der Waals surface area contributed by atoms with E-state index in [4.69, 9.17) is 14.3 Å². The maximum absolute atomic E-state index is 9.07. The number of oxazole rings is 1. The van der Waals surface area contributed by atoms with E-state index in [1.54, 1.807) is 13.3 Å². The van der Waals surface area contributed by atoms with Crippen LogP contribution in [0.1, 0.15) is 19.2 Å². The molecule has 1 aromatic heterocycles. The molecule has 2 aromatic rings. The van der Waals surface area contributed by atoms with Crippen molar-refractivity contribution < 1.29 is 14.3 Å². The Labute approximate surface area is 125 Å². The third-order valence-corrected chi connectivity index (χ3v) is 3.24. The van der Waals surface area contributed by atoms with Crippen molar-refractivity contribution in [1.82, 2.24) is 9.88 Å². The second-order valence-corrected chi connectivity index (χ2v) is 4.85. The Morgan fingerprint density at radius 2 is 2.00 bits per heavy atom. The van der Waals surface area contributed by atoms with Crippen LogP contribution in [0, 0.1) is 0 Å². The Kier molecular flexibility index (Phi) is 5.78. The SMILES string of the molecule is CCCN(CCO)Cc1ncc(-c2ccc(OC)cc2)o1. The molecule has 1 aromatic carbocycles. The van der Waals surface area contributed by atoms with Gasteiger partial charge >= 0.3 is 0 Å². The van der Waals surface area contributed by atoms with E-state index in [0.29, 0.717) is 19.0 Å². The molecular weight excluding hydrogens is 268 g/mol. The van der Waals surface area contributed by atoms with E-state index in [0.717, 1.165) is 30.0 Å². The van der Waals surface area contributed by atoms with Crippen LogP contribution in [-0.2, 0) is 6.54 Å². The van der Waals surface area contributed by atoms with E-state index in [9.17, 15) is 0 Å². The summed E-state index contributed by atoms with van der Waals surface area (Å²) in [4.78, 5) is 6.45. The second kappa shape index (κ2) is 7.81. The number of nitrogens with zero attached hydrogens (tertiary/aromatic N) is 2. The van der Waals surface area contributed by atoms with Crippen LogP contribution in [0.3, 0.4) is 0 Å². The molecular formula is C16H22N2O3. The van der Waals surface area contributed by atoms with Crippen LogP contribution in [0.4, 0.5) is 0 Å². The molecule has 0 fully saturated rings. The van der Waals surface area contributed by atoms with Crippen molar-refractivity contribution in [2.75, 3.05) is 26.8 Å². The van der Waals surface area contributed by atoms with Crippen molar-refractivity contribution in [3.63, 3.8) is 0 Å². The van der Waals surface area contributed by atoms with Gasteiger partial charge in [-0.2, -0.15) is 0 Å². The van der Waals surface area contributed by atoms with Crippen LogP contribution in [-0.4, -0.2) is 41.8 Å². The van der Waals surface area contributed by atoms with E-state index in [1.165, 1.54) is 0 Å². The van der Waals surface area contributed by atoms with Crippen molar-refractivity contribution in [3.05, 3.63) is 36.4 Å². The van der Waals surface area contributed by atoms with Crippen molar-refractivity contribution in [1.29, 1.82) is 0 Å². The maximum atomic E-state index is 9.07. The first-order chi connectivity index (χ1) is 10.3. The topological polar surface area (TPSA) is 58.7 Å². The predicted molar refractivity (Wildman–Crippen MR) is 81.1 cm³/mol. The fourth-order valence-electron chi connectivity index (χ4n) is 2.19. The standard InChI is InChI=1S/C16H22N2O3/c1-3-8-18(9-10-19)12-16-17-11-15(21-16)13-4-6-14(20-2)7-5-13/h4-7,11,19H,3,8-10,12H2,1-2H3. The summed E-state index contributed by atoms with van der Waals surface area (Å²) in [6.45, 7) is 4.42. The van der Waals surface area contributed by atoms with Gasteiger partial charge in [0.15, 0.2) is 5.76 Å². The normalized spacial score (nSPS) is 11.0. The van der Waals surface area contributed by atoms with Crippen molar-refractivity contribution in [2.45, 2.75) is 19.9 Å². The molecule has 0 radical (unpaired) electrons.